The first-order valence-corrected chi connectivity index (χ1v) is 11.5. The minimum Gasteiger partial charge on any atom is -0.492 e. The fourth-order valence-electron chi connectivity index (χ4n) is 3.79. The van der Waals surface area contributed by atoms with Crippen LogP contribution in [0.4, 0.5) is 0 Å². The van der Waals surface area contributed by atoms with Gasteiger partial charge in [-0.25, -0.2) is 8.42 Å². The molecule has 150 valence electrons. The molecule has 2 fully saturated rings. The van der Waals surface area contributed by atoms with E-state index in [0.717, 1.165) is 19.0 Å². The number of sulfone groups is 1. The highest BCUT2D eigenvalue weighted by atomic mass is 32.2. The van der Waals surface area contributed by atoms with Crippen molar-refractivity contribution in [2.75, 3.05) is 52.6 Å². The number of aliphatic imine (C=N–C) groups is 1. The van der Waals surface area contributed by atoms with Crippen LogP contribution in [-0.2, 0) is 9.84 Å². The Morgan fingerprint density at radius 1 is 1.22 bits per heavy atom. The molecule has 1 N–H and O–H groups in total. The van der Waals surface area contributed by atoms with Crippen LogP contribution >= 0.6 is 0 Å². The van der Waals surface area contributed by atoms with E-state index < -0.39 is 9.84 Å². The molecule has 3 rings (SSSR count). The Labute approximate surface area is 162 Å². The van der Waals surface area contributed by atoms with E-state index in [1.54, 1.807) is 24.3 Å². The maximum atomic E-state index is 11.5. The van der Waals surface area contributed by atoms with Crippen molar-refractivity contribution in [3.8, 4) is 5.75 Å². The minimum absolute atomic E-state index is 0.301. The van der Waals surface area contributed by atoms with Crippen molar-refractivity contribution in [2.24, 2.45) is 4.99 Å². The first-order chi connectivity index (χ1) is 13.0. The summed E-state index contributed by atoms with van der Waals surface area (Å²) in [7, 11) is -1.36. The first kappa shape index (κ1) is 19.9. The number of hydrogen-bond acceptors (Lipinski definition) is 5. The summed E-state index contributed by atoms with van der Waals surface area (Å²) in [6, 6.07) is 7.16. The molecule has 1 unspecified atom stereocenters. The number of guanidine groups is 1. The monoisotopic (exact) mass is 394 g/mol. The number of hydrogen-bond donors (Lipinski definition) is 1. The molecule has 0 bridgehead atoms. The Kier molecular flexibility index (Phi) is 6.59. The second-order valence-corrected chi connectivity index (χ2v) is 9.21. The van der Waals surface area contributed by atoms with Gasteiger partial charge in [-0.15, -0.1) is 0 Å². The van der Waals surface area contributed by atoms with Crippen LogP contribution < -0.4 is 10.1 Å². The number of likely N-dealkylation sites (tertiary alicyclic amines) is 2. The summed E-state index contributed by atoms with van der Waals surface area (Å²) in [6.45, 7) is 5.67. The van der Waals surface area contributed by atoms with E-state index in [9.17, 15) is 8.42 Å². The van der Waals surface area contributed by atoms with Crippen LogP contribution in [0.1, 0.15) is 19.3 Å². The summed E-state index contributed by atoms with van der Waals surface area (Å²) < 4.78 is 28.6. The Bertz CT molecular complexity index is 743. The van der Waals surface area contributed by atoms with E-state index in [0.29, 0.717) is 29.8 Å². The number of rotatable bonds is 6. The zero-order chi connectivity index (χ0) is 19.3. The summed E-state index contributed by atoms with van der Waals surface area (Å²) in [5.74, 6) is 1.59. The highest BCUT2D eigenvalue weighted by Gasteiger charge is 2.30. The molecule has 0 amide bonds. The van der Waals surface area contributed by atoms with Gasteiger partial charge in [0.25, 0.3) is 0 Å². The largest absolute Gasteiger partial charge is 0.492 e. The van der Waals surface area contributed by atoms with Crippen molar-refractivity contribution in [3.63, 3.8) is 0 Å². The third-order valence-electron chi connectivity index (χ3n) is 5.24. The lowest BCUT2D eigenvalue weighted by atomic mass is 10.2. The van der Waals surface area contributed by atoms with Crippen LogP contribution in [0.5, 0.6) is 5.75 Å². The van der Waals surface area contributed by atoms with Gasteiger partial charge in [0.05, 0.1) is 11.4 Å². The fourth-order valence-corrected chi connectivity index (χ4v) is 4.42. The van der Waals surface area contributed by atoms with Gasteiger partial charge in [-0.05, 0) is 56.6 Å². The predicted molar refractivity (Wildman–Crippen MR) is 107 cm³/mol. The number of nitrogens with zero attached hydrogens (tertiary/aromatic N) is 3. The van der Waals surface area contributed by atoms with Crippen molar-refractivity contribution in [1.29, 1.82) is 0 Å². The van der Waals surface area contributed by atoms with Crippen LogP contribution in [-0.4, -0.2) is 82.9 Å². The quantitative estimate of drug-likeness (QED) is 0.444. The molecule has 7 nitrogen and oxygen atoms in total. The second-order valence-electron chi connectivity index (χ2n) is 7.20. The Balaban J connectivity index is 1.41. The Morgan fingerprint density at radius 3 is 2.56 bits per heavy atom. The SMILES string of the molecule is CN=C(NCCOc1ccc(S(C)(=O)=O)cc1)N1CCC(N2CCCC2)C1. The van der Waals surface area contributed by atoms with Crippen LogP contribution in [0.25, 0.3) is 0 Å². The van der Waals surface area contributed by atoms with E-state index in [2.05, 4.69) is 20.1 Å². The topological polar surface area (TPSA) is 74.2 Å². The molecule has 2 aliphatic rings. The lowest BCUT2D eigenvalue weighted by Gasteiger charge is -2.25. The van der Waals surface area contributed by atoms with Crippen molar-refractivity contribution >= 4 is 15.8 Å². The van der Waals surface area contributed by atoms with E-state index in [1.807, 2.05) is 7.05 Å². The lowest BCUT2D eigenvalue weighted by molar-refractivity contribution is 0.249. The molecule has 0 spiro atoms. The molecule has 0 aromatic heterocycles. The van der Waals surface area contributed by atoms with Gasteiger partial charge in [0.15, 0.2) is 15.8 Å². The standard InChI is InChI=1S/C19H30N4O3S/c1-20-19(23-13-9-16(15-23)22-11-3-4-12-22)21-10-14-26-17-5-7-18(8-6-17)27(2,24)25/h5-8,16H,3-4,9-15H2,1-2H3,(H,20,21). The summed E-state index contributed by atoms with van der Waals surface area (Å²) in [4.78, 5) is 9.64. The lowest BCUT2D eigenvalue weighted by Crippen LogP contribution is -2.43. The molecule has 2 heterocycles. The Hall–Kier alpha value is -1.80. The molecule has 1 atom stereocenters. The molecular formula is C19H30N4O3S. The van der Waals surface area contributed by atoms with Crippen LogP contribution in [0, 0.1) is 0 Å². The third-order valence-corrected chi connectivity index (χ3v) is 6.37. The summed E-state index contributed by atoms with van der Waals surface area (Å²) in [6.07, 6.45) is 5.05. The van der Waals surface area contributed by atoms with Gasteiger partial charge in [0.1, 0.15) is 12.4 Å². The van der Waals surface area contributed by atoms with Crippen molar-refractivity contribution in [2.45, 2.75) is 30.2 Å². The molecule has 8 heteroatoms. The van der Waals surface area contributed by atoms with E-state index in [4.69, 9.17) is 4.74 Å². The average Bonchev–Trinajstić information content (AvgIpc) is 3.33. The molecule has 0 saturated carbocycles. The third kappa shape index (κ3) is 5.35. The van der Waals surface area contributed by atoms with Crippen molar-refractivity contribution < 1.29 is 13.2 Å². The zero-order valence-corrected chi connectivity index (χ0v) is 17.0. The zero-order valence-electron chi connectivity index (χ0n) is 16.2. The highest BCUT2D eigenvalue weighted by molar-refractivity contribution is 7.90. The van der Waals surface area contributed by atoms with Crippen LogP contribution in [0.2, 0.25) is 0 Å². The highest BCUT2D eigenvalue weighted by Crippen LogP contribution is 2.20. The average molecular weight is 395 g/mol. The van der Waals surface area contributed by atoms with Gasteiger partial charge in [0, 0.05) is 32.4 Å². The van der Waals surface area contributed by atoms with E-state index in [-0.39, 0.29) is 0 Å². The molecular weight excluding hydrogens is 364 g/mol. The molecule has 1 aromatic carbocycles. The molecule has 27 heavy (non-hydrogen) atoms. The first-order valence-electron chi connectivity index (χ1n) is 9.60. The number of nitrogens with one attached hydrogen (secondary N) is 1. The predicted octanol–water partition coefficient (Wildman–Crippen LogP) is 1.21. The van der Waals surface area contributed by atoms with Gasteiger partial charge < -0.3 is 15.0 Å². The van der Waals surface area contributed by atoms with Crippen molar-refractivity contribution in [3.05, 3.63) is 24.3 Å². The van der Waals surface area contributed by atoms with Gasteiger partial charge in [-0.1, -0.05) is 0 Å². The Morgan fingerprint density at radius 2 is 1.93 bits per heavy atom. The molecule has 0 radical (unpaired) electrons. The van der Waals surface area contributed by atoms with Crippen LogP contribution in [0.15, 0.2) is 34.2 Å². The number of benzene rings is 1. The summed E-state index contributed by atoms with van der Waals surface area (Å²) in [5, 5.41) is 3.36. The maximum Gasteiger partial charge on any atom is 0.193 e. The number of ether oxygens (including phenoxy) is 1. The molecule has 0 aliphatic carbocycles. The van der Waals surface area contributed by atoms with Gasteiger partial charge in [0.2, 0.25) is 0 Å². The summed E-state index contributed by atoms with van der Waals surface area (Å²) in [5.41, 5.74) is 0. The molecule has 1 aromatic rings. The maximum absolute atomic E-state index is 11.5. The van der Waals surface area contributed by atoms with E-state index >= 15 is 0 Å². The normalized spacial score (nSPS) is 21.6. The van der Waals surface area contributed by atoms with Gasteiger partial charge in [-0.2, -0.15) is 0 Å². The van der Waals surface area contributed by atoms with Crippen LogP contribution in [0.3, 0.4) is 0 Å². The van der Waals surface area contributed by atoms with E-state index in [1.165, 1.54) is 38.6 Å². The smallest absolute Gasteiger partial charge is 0.193 e. The second kappa shape index (κ2) is 8.93. The molecule has 2 saturated heterocycles. The van der Waals surface area contributed by atoms with Crippen molar-refractivity contribution in [1.82, 2.24) is 15.1 Å². The van der Waals surface area contributed by atoms with Gasteiger partial charge in [-0.3, -0.25) is 9.89 Å². The van der Waals surface area contributed by atoms with Gasteiger partial charge >= 0.3 is 0 Å². The summed E-state index contributed by atoms with van der Waals surface area (Å²) >= 11 is 0. The minimum atomic E-state index is -3.17. The fraction of sp³-hybridized carbons (Fsp3) is 0.632. The molecule has 2 aliphatic heterocycles.